The smallest absolute Gasteiger partial charge is 0.311 e. The predicted octanol–water partition coefficient (Wildman–Crippen LogP) is 1.90. The predicted molar refractivity (Wildman–Crippen MR) is 194 cm³/mol. The molecule has 5 N–H and O–H groups in total. The van der Waals surface area contributed by atoms with Crippen LogP contribution in [0.5, 0.6) is 0 Å². The van der Waals surface area contributed by atoms with Crippen molar-refractivity contribution in [1.82, 2.24) is 9.80 Å². The second-order valence-electron chi connectivity index (χ2n) is 17.2. The molecule has 14 heteroatoms. The molecule has 3 aliphatic heterocycles. The Morgan fingerprint density at radius 2 is 1.56 bits per heavy atom. The Morgan fingerprint density at radius 3 is 2.12 bits per heavy atom. The van der Waals surface area contributed by atoms with Crippen LogP contribution in [0.2, 0.25) is 0 Å². The third-order valence-electron chi connectivity index (χ3n) is 12.2. The van der Waals surface area contributed by atoms with Crippen LogP contribution in [0, 0.1) is 17.8 Å². The van der Waals surface area contributed by atoms with Gasteiger partial charge in [0.15, 0.2) is 12.6 Å². The molecule has 0 saturated carbocycles. The number of carbonyl (C=O) groups is 1. The molecule has 3 saturated heterocycles. The summed E-state index contributed by atoms with van der Waals surface area (Å²) in [4.78, 5) is 18.0. The molecule has 14 nitrogen and oxygen atoms in total. The molecule has 52 heavy (non-hydrogen) atoms. The van der Waals surface area contributed by atoms with Gasteiger partial charge in [0.2, 0.25) is 0 Å². The van der Waals surface area contributed by atoms with Gasteiger partial charge in [0.05, 0.1) is 41.5 Å². The van der Waals surface area contributed by atoms with Gasteiger partial charge in [-0.2, -0.15) is 0 Å². The molecule has 0 spiro atoms. The zero-order valence-corrected chi connectivity index (χ0v) is 34.2. The fraction of sp³-hybridized carbons (Fsp3) is 0.974. The lowest BCUT2D eigenvalue weighted by Crippen LogP contribution is -2.60. The van der Waals surface area contributed by atoms with E-state index in [2.05, 4.69) is 0 Å². The molecule has 0 bridgehead atoms. The summed E-state index contributed by atoms with van der Waals surface area (Å²) in [6.45, 7) is 18.0. The second-order valence-corrected chi connectivity index (χ2v) is 17.2. The zero-order chi connectivity index (χ0) is 39.7. The molecule has 18 atom stereocenters. The van der Waals surface area contributed by atoms with E-state index in [1.807, 2.05) is 51.7 Å². The molecule has 3 fully saturated rings. The van der Waals surface area contributed by atoms with Crippen LogP contribution >= 0.6 is 0 Å². The van der Waals surface area contributed by atoms with Gasteiger partial charge in [-0.15, -0.1) is 0 Å². The third kappa shape index (κ3) is 10.0. The second kappa shape index (κ2) is 17.8. The van der Waals surface area contributed by atoms with E-state index < -0.39 is 96.0 Å². The standard InChI is InChI=1S/C38H72N2O12/c1-15-27-38(10,46)31(42)24(6)40(13)19-20(2)17-36(8,45)33(52-35-29(41)26(39(11)12)16-21(3)48-35)22(4)30(23(5)34(44)50-27)51-28-18-37(9,47-14)32(43)25(7)49-28/h20-33,35,41-43,45-46H,15-19H2,1-14H3/t20-,21+,22-,23+,24+,25-,26-,27+,28-,29+,30-,31+,32-,33+,35?,36?,37+,38+/m0/s1. The fourth-order valence-electron chi connectivity index (χ4n) is 8.74. The van der Waals surface area contributed by atoms with Gasteiger partial charge in [-0.05, 0) is 94.8 Å². The van der Waals surface area contributed by atoms with Gasteiger partial charge in [-0.25, -0.2) is 0 Å². The molecule has 2 unspecified atom stereocenters. The quantitative estimate of drug-likeness (QED) is 0.238. The number of esters is 1. The van der Waals surface area contributed by atoms with Crippen LogP contribution in [0.15, 0.2) is 0 Å². The summed E-state index contributed by atoms with van der Waals surface area (Å²) in [6, 6.07) is -0.808. The molecule has 3 heterocycles. The average Bonchev–Trinajstić information content (AvgIpc) is 3.05. The molecular weight excluding hydrogens is 676 g/mol. The van der Waals surface area contributed by atoms with Crippen molar-refractivity contribution in [3.63, 3.8) is 0 Å². The maximum Gasteiger partial charge on any atom is 0.311 e. The van der Waals surface area contributed by atoms with E-state index in [4.69, 9.17) is 28.4 Å². The highest BCUT2D eigenvalue weighted by molar-refractivity contribution is 5.73. The SMILES string of the molecule is CC[C@H]1OC(=O)[C@H](C)[C@@H](O[C@H]2C[C@@](C)(OC)[C@@H](O)[C@H](C)O2)[C@H](C)[C@@H](OC2O[C@H](C)C[C@H](N(C)C)[C@H]2O)C(C)(O)C[C@H](C)CN(C)[C@H](C)[C@@H](O)[C@]1(C)O. The van der Waals surface area contributed by atoms with Gasteiger partial charge in [0.1, 0.15) is 30.0 Å². The van der Waals surface area contributed by atoms with Crippen molar-refractivity contribution in [2.24, 2.45) is 17.8 Å². The van der Waals surface area contributed by atoms with Gasteiger partial charge < -0.3 is 63.8 Å². The first-order valence-electron chi connectivity index (χ1n) is 19.1. The van der Waals surface area contributed by atoms with Crippen LogP contribution in [-0.4, -0.2) is 166 Å². The number of carbonyl (C=O) groups excluding carboxylic acids is 1. The van der Waals surface area contributed by atoms with Crippen molar-refractivity contribution in [3.05, 3.63) is 0 Å². The minimum Gasteiger partial charge on any atom is -0.459 e. The number of ether oxygens (including phenoxy) is 6. The monoisotopic (exact) mass is 749 g/mol. The summed E-state index contributed by atoms with van der Waals surface area (Å²) in [6.07, 6.45) is -8.19. The summed E-state index contributed by atoms with van der Waals surface area (Å²) in [5, 5.41) is 58.1. The molecule has 306 valence electrons. The average molecular weight is 749 g/mol. The Balaban J connectivity index is 2.17. The van der Waals surface area contributed by atoms with Gasteiger partial charge in [-0.1, -0.05) is 20.8 Å². The van der Waals surface area contributed by atoms with Gasteiger partial charge >= 0.3 is 5.97 Å². The topological polar surface area (TPSA) is 180 Å². The van der Waals surface area contributed by atoms with E-state index in [0.717, 1.165) is 0 Å². The van der Waals surface area contributed by atoms with Crippen molar-refractivity contribution in [3.8, 4) is 0 Å². The van der Waals surface area contributed by atoms with Gasteiger partial charge in [0, 0.05) is 38.1 Å². The highest BCUT2D eigenvalue weighted by atomic mass is 16.7. The van der Waals surface area contributed by atoms with Crippen molar-refractivity contribution in [1.29, 1.82) is 0 Å². The van der Waals surface area contributed by atoms with E-state index in [1.54, 1.807) is 41.5 Å². The van der Waals surface area contributed by atoms with Crippen LogP contribution in [0.1, 0.15) is 94.9 Å². The number of methoxy groups -OCH3 is 1. The highest BCUT2D eigenvalue weighted by Crippen LogP contribution is 2.40. The maximum absolute atomic E-state index is 14.2. The zero-order valence-electron chi connectivity index (χ0n) is 34.2. The van der Waals surface area contributed by atoms with Crippen LogP contribution in [0.4, 0.5) is 0 Å². The first-order valence-corrected chi connectivity index (χ1v) is 19.1. The van der Waals surface area contributed by atoms with E-state index in [9.17, 15) is 30.3 Å². The minimum absolute atomic E-state index is 0.133. The summed E-state index contributed by atoms with van der Waals surface area (Å²) >= 11 is 0. The number of cyclic esters (lactones) is 1. The molecule has 3 rings (SSSR count). The van der Waals surface area contributed by atoms with Crippen molar-refractivity contribution in [2.75, 3.05) is 34.8 Å². The lowest BCUT2D eigenvalue weighted by Gasteiger charge is -2.48. The molecule has 0 aromatic carbocycles. The molecule has 0 aromatic rings. The molecule has 0 aromatic heterocycles. The Labute approximate surface area is 312 Å². The number of rotatable bonds is 7. The Morgan fingerprint density at radius 1 is 0.942 bits per heavy atom. The molecule has 0 aliphatic carbocycles. The molecule has 0 radical (unpaired) electrons. The Bertz CT molecular complexity index is 1140. The number of nitrogens with zero attached hydrogens (tertiary/aromatic N) is 2. The van der Waals surface area contributed by atoms with Gasteiger partial charge in [-0.3, -0.25) is 4.79 Å². The van der Waals surface area contributed by atoms with E-state index in [0.29, 0.717) is 13.0 Å². The molecule has 0 amide bonds. The maximum atomic E-state index is 14.2. The van der Waals surface area contributed by atoms with Crippen LogP contribution < -0.4 is 0 Å². The van der Waals surface area contributed by atoms with E-state index >= 15 is 0 Å². The summed E-state index contributed by atoms with van der Waals surface area (Å²) in [7, 11) is 7.12. The number of hydrogen-bond acceptors (Lipinski definition) is 14. The molecule has 3 aliphatic rings. The summed E-state index contributed by atoms with van der Waals surface area (Å²) < 4.78 is 37.5. The largest absolute Gasteiger partial charge is 0.459 e. The number of likely N-dealkylation sites (N-methyl/N-ethyl adjacent to an activating group) is 2. The fourth-order valence-corrected chi connectivity index (χ4v) is 8.74. The first kappa shape index (κ1) is 45.4. The van der Waals surface area contributed by atoms with Crippen LogP contribution in [-0.2, 0) is 33.2 Å². The Hall–Kier alpha value is -1.01. The molecular formula is C38H72N2O12. The lowest BCUT2D eigenvalue weighted by molar-refractivity contribution is -0.318. The van der Waals surface area contributed by atoms with Gasteiger partial charge in [0.25, 0.3) is 0 Å². The van der Waals surface area contributed by atoms with Crippen molar-refractivity contribution < 1.29 is 58.7 Å². The highest BCUT2D eigenvalue weighted by Gasteiger charge is 2.52. The third-order valence-corrected chi connectivity index (χ3v) is 12.2. The van der Waals surface area contributed by atoms with E-state index in [1.165, 1.54) is 14.0 Å². The van der Waals surface area contributed by atoms with Crippen molar-refractivity contribution >= 4 is 5.97 Å². The number of aliphatic hydroxyl groups is 5. The number of hydrogen-bond donors (Lipinski definition) is 5. The minimum atomic E-state index is -1.80. The van der Waals surface area contributed by atoms with Crippen LogP contribution in [0.3, 0.4) is 0 Å². The van der Waals surface area contributed by atoms with E-state index in [-0.39, 0.29) is 37.3 Å². The number of aliphatic hydroxyl groups excluding tert-OH is 3. The van der Waals surface area contributed by atoms with Crippen LogP contribution in [0.25, 0.3) is 0 Å². The first-order chi connectivity index (χ1) is 23.9. The van der Waals surface area contributed by atoms with Crippen molar-refractivity contribution in [2.45, 2.75) is 185 Å². The normalized spacial score (nSPS) is 49.6. The lowest BCUT2D eigenvalue weighted by atomic mass is 9.77. The summed E-state index contributed by atoms with van der Waals surface area (Å²) in [5.41, 5.74) is -4.37. The summed E-state index contributed by atoms with van der Waals surface area (Å²) in [5.74, 6) is -2.58. The Kier molecular flexibility index (Phi) is 15.6.